The maximum Gasteiger partial charge on any atom is 0.360 e. The number of ether oxygens (including phenoxy) is 2. The zero-order valence-electron chi connectivity index (χ0n) is 15.6. The maximum absolute atomic E-state index is 12.3. The standard InChI is InChI=1S/C23H20N2O3/c1-27-23(26)22-21(28-15-16-6-3-2-4-7-16)12-11-19(25-22)18-10-9-17-8-5-13-24-20(17)14-18/h2-4,6-7,9-14H,5,8,15H2,1H3. The Labute approximate surface area is 163 Å². The number of nitrogens with zero attached hydrogens (tertiary/aromatic N) is 2. The Morgan fingerprint density at radius 2 is 1.93 bits per heavy atom. The number of fused-ring (bicyclic) bond motifs is 1. The lowest BCUT2D eigenvalue weighted by molar-refractivity contribution is 0.0588. The van der Waals surface area contributed by atoms with E-state index in [1.807, 2.05) is 54.7 Å². The first-order valence-electron chi connectivity index (χ1n) is 9.16. The summed E-state index contributed by atoms with van der Waals surface area (Å²) in [4.78, 5) is 21.3. The van der Waals surface area contributed by atoms with E-state index in [0.29, 0.717) is 18.1 Å². The number of carbonyl (C=O) groups is 1. The van der Waals surface area contributed by atoms with Gasteiger partial charge in [0, 0.05) is 11.8 Å². The zero-order chi connectivity index (χ0) is 19.3. The molecule has 4 rings (SSSR count). The number of benzene rings is 2. The molecule has 0 saturated heterocycles. The molecular weight excluding hydrogens is 352 g/mol. The Morgan fingerprint density at radius 1 is 1.07 bits per heavy atom. The molecule has 3 aromatic rings. The quantitative estimate of drug-likeness (QED) is 0.606. The van der Waals surface area contributed by atoms with Crippen LogP contribution in [-0.4, -0.2) is 24.3 Å². The lowest BCUT2D eigenvalue weighted by Crippen LogP contribution is -2.09. The molecule has 1 aromatic heterocycles. The van der Waals surface area contributed by atoms with Gasteiger partial charge in [0.2, 0.25) is 0 Å². The Morgan fingerprint density at radius 3 is 2.75 bits per heavy atom. The van der Waals surface area contributed by atoms with E-state index in [4.69, 9.17) is 9.47 Å². The molecule has 0 radical (unpaired) electrons. The minimum Gasteiger partial charge on any atom is -0.486 e. The number of methoxy groups -OCH3 is 1. The topological polar surface area (TPSA) is 60.8 Å². The normalized spacial score (nSPS) is 12.3. The SMILES string of the molecule is COC(=O)c1nc(-c2ccc3c(c2)N=CCC3)ccc1OCc1ccccc1. The summed E-state index contributed by atoms with van der Waals surface area (Å²) < 4.78 is 10.7. The molecule has 0 fully saturated rings. The molecule has 5 heteroatoms. The summed E-state index contributed by atoms with van der Waals surface area (Å²) in [6, 6.07) is 19.5. The number of carbonyl (C=O) groups excluding carboxylic acids is 1. The van der Waals surface area contributed by atoms with Gasteiger partial charge >= 0.3 is 5.97 Å². The Hall–Kier alpha value is -3.47. The molecule has 1 aliphatic heterocycles. The molecular formula is C23H20N2O3. The van der Waals surface area contributed by atoms with Crippen LogP contribution in [-0.2, 0) is 17.8 Å². The second-order valence-electron chi connectivity index (χ2n) is 6.50. The van der Waals surface area contributed by atoms with E-state index in [2.05, 4.69) is 16.0 Å². The first-order chi connectivity index (χ1) is 13.7. The average molecular weight is 372 g/mol. The molecule has 0 aliphatic carbocycles. The lowest BCUT2D eigenvalue weighted by Gasteiger charge is -2.13. The van der Waals surface area contributed by atoms with Crippen molar-refractivity contribution in [2.75, 3.05) is 7.11 Å². The molecule has 28 heavy (non-hydrogen) atoms. The van der Waals surface area contributed by atoms with Crippen molar-refractivity contribution in [1.29, 1.82) is 0 Å². The zero-order valence-corrected chi connectivity index (χ0v) is 15.6. The molecule has 0 N–H and O–H groups in total. The molecule has 140 valence electrons. The fourth-order valence-electron chi connectivity index (χ4n) is 3.14. The molecule has 0 amide bonds. The molecule has 2 aromatic carbocycles. The van der Waals surface area contributed by atoms with Crippen LogP contribution in [0, 0.1) is 0 Å². The molecule has 0 atom stereocenters. The number of aliphatic imine (C=N–C) groups is 1. The number of esters is 1. The van der Waals surface area contributed by atoms with Crippen LogP contribution in [0.5, 0.6) is 5.75 Å². The third kappa shape index (κ3) is 3.78. The predicted octanol–water partition coefficient (Wildman–Crippen LogP) is 4.76. The van der Waals surface area contributed by atoms with Crippen LogP contribution in [0.1, 0.15) is 28.0 Å². The second-order valence-corrected chi connectivity index (χ2v) is 6.50. The minimum absolute atomic E-state index is 0.164. The van der Waals surface area contributed by atoms with Gasteiger partial charge in [-0.25, -0.2) is 9.78 Å². The number of hydrogen-bond donors (Lipinski definition) is 0. The van der Waals surface area contributed by atoms with Crippen LogP contribution in [0.25, 0.3) is 11.3 Å². The third-order valence-corrected chi connectivity index (χ3v) is 4.63. The van der Waals surface area contributed by atoms with Crippen molar-refractivity contribution in [2.45, 2.75) is 19.4 Å². The van der Waals surface area contributed by atoms with Crippen molar-refractivity contribution in [1.82, 2.24) is 4.98 Å². The van der Waals surface area contributed by atoms with Crippen molar-refractivity contribution in [3.63, 3.8) is 0 Å². The van der Waals surface area contributed by atoms with Gasteiger partial charge in [-0.3, -0.25) is 4.99 Å². The highest BCUT2D eigenvalue weighted by atomic mass is 16.5. The van der Waals surface area contributed by atoms with E-state index in [9.17, 15) is 4.79 Å². The van der Waals surface area contributed by atoms with Gasteiger partial charge in [-0.1, -0.05) is 42.5 Å². The van der Waals surface area contributed by atoms with Crippen molar-refractivity contribution in [3.05, 3.63) is 77.5 Å². The smallest absolute Gasteiger partial charge is 0.360 e. The first-order valence-corrected chi connectivity index (χ1v) is 9.16. The fourth-order valence-corrected chi connectivity index (χ4v) is 3.14. The second kappa shape index (κ2) is 8.05. The lowest BCUT2D eigenvalue weighted by atomic mass is 10.0. The Bertz CT molecular complexity index is 1030. The van der Waals surface area contributed by atoms with E-state index in [1.165, 1.54) is 12.7 Å². The van der Waals surface area contributed by atoms with Gasteiger partial charge in [-0.15, -0.1) is 0 Å². The van der Waals surface area contributed by atoms with Crippen molar-refractivity contribution in [3.8, 4) is 17.0 Å². The highest BCUT2D eigenvalue weighted by Gasteiger charge is 2.18. The summed E-state index contributed by atoms with van der Waals surface area (Å²) in [6.07, 6.45) is 3.89. The number of rotatable bonds is 5. The fraction of sp³-hybridized carbons (Fsp3) is 0.174. The van der Waals surface area contributed by atoms with Crippen molar-refractivity contribution in [2.24, 2.45) is 4.99 Å². The minimum atomic E-state index is -0.527. The van der Waals surface area contributed by atoms with E-state index in [1.54, 1.807) is 6.07 Å². The summed E-state index contributed by atoms with van der Waals surface area (Å²) >= 11 is 0. The van der Waals surface area contributed by atoms with Crippen LogP contribution >= 0.6 is 0 Å². The molecule has 5 nitrogen and oxygen atoms in total. The summed E-state index contributed by atoms with van der Waals surface area (Å²) in [5.74, 6) is -0.128. The summed E-state index contributed by atoms with van der Waals surface area (Å²) in [7, 11) is 1.34. The van der Waals surface area contributed by atoms with E-state index >= 15 is 0 Å². The molecule has 0 unspecified atom stereocenters. The summed E-state index contributed by atoms with van der Waals surface area (Å²) in [5, 5.41) is 0. The van der Waals surface area contributed by atoms with Crippen LogP contribution in [0.4, 0.5) is 5.69 Å². The van der Waals surface area contributed by atoms with E-state index in [0.717, 1.165) is 29.7 Å². The van der Waals surface area contributed by atoms with Gasteiger partial charge in [-0.2, -0.15) is 0 Å². The average Bonchev–Trinajstić information content (AvgIpc) is 2.77. The molecule has 2 heterocycles. The number of pyridine rings is 1. The highest BCUT2D eigenvalue weighted by Crippen LogP contribution is 2.31. The molecule has 0 bridgehead atoms. The molecule has 0 saturated carbocycles. The van der Waals surface area contributed by atoms with Gasteiger partial charge < -0.3 is 9.47 Å². The van der Waals surface area contributed by atoms with Crippen LogP contribution in [0.3, 0.4) is 0 Å². The monoisotopic (exact) mass is 372 g/mol. The Balaban J connectivity index is 1.65. The highest BCUT2D eigenvalue weighted by molar-refractivity contribution is 5.91. The first kappa shape index (κ1) is 17.9. The molecule has 0 spiro atoms. The van der Waals surface area contributed by atoms with Crippen LogP contribution < -0.4 is 4.74 Å². The maximum atomic E-state index is 12.3. The number of aromatic nitrogens is 1. The van der Waals surface area contributed by atoms with Crippen LogP contribution in [0.15, 0.2) is 65.7 Å². The summed E-state index contributed by atoms with van der Waals surface area (Å²) in [5.41, 5.74) is 4.93. The Kier molecular flexibility index (Phi) is 5.15. The summed E-state index contributed by atoms with van der Waals surface area (Å²) in [6.45, 7) is 0.347. The third-order valence-electron chi connectivity index (χ3n) is 4.63. The number of hydrogen-bond acceptors (Lipinski definition) is 5. The van der Waals surface area contributed by atoms with Gasteiger partial charge in [0.25, 0.3) is 0 Å². The van der Waals surface area contributed by atoms with Gasteiger partial charge in [-0.05, 0) is 42.2 Å². The molecule has 1 aliphatic rings. The van der Waals surface area contributed by atoms with Gasteiger partial charge in [0.15, 0.2) is 11.4 Å². The van der Waals surface area contributed by atoms with Gasteiger partial charge in [0.05, 0.1) is 18.5 Å². The van der Waals surface area contributed by atoms with E-state index < -0.39 is 5.97 Å². The van der Waals surface area contributed by atoms with Crippen molar-refractivity contribution < 1.29 is 14.3 Å². The van der Waals surface area contributed by atoms with Gasteiger partial charge in [0.1, 0.15) is 6.61 Å². The van der Waals surface area contributed by atoms with Crippen LogP contribution in [0.2, 0.25) is 0 Å². The van der Waals surface area contributed by atoms with Crippen molar-refractivity contribution >= 4 is 17.9 Å². The largest absolute Gasteiger partial charge is 0.486 e. The van der Waals surface area contributed by atoms with E-state index in [-0.39, 0.29) is 5.69 Å². The predicted molar refractivity (Wildman–Crippen MR) is 108 cm³/mol. The number of aryl methyl sites for hydroxylation is 1.